The summed E-state index contributed by atoms with van der Waals surface area (Å²) in [6.07, 6.45) is 7.41. The van der Waals surface area contributed by atoms with Crippen LogP contribution in [0.2, 0.25) is 0 Å². The van der Waals surface area contributed by atoms with E-state index in [0.717, 1.165) is 12.0 Å². The molecule has 0 fully saturated rings. The molecule has 0 aliphatic carbocycles. The van der Waals surface area contributed by atoms with Crippen molar-refractivity contribution < 1.29 is 5.11 Å². The Labute approximate surface area is 101 Å². The molecule has 0 saturated carbocycles. The maximum Gasteiger partial charge on any atom is 0.0642 e. The van der Waals surface area contributed by atoms with E-state index < -0.39 is 0 Å². The Morgan fingerprint density at radius 2 is 1.94 bits per heavy atom. The van der Waals surface area contributed by atoms with E-state index in [-0.39, 0.29) is 12.0 Å². The van der Waals surface area contributed by atoms with Crippen LogP contribution in [-0.4, -0.2) is 11.7 Å². The minimum atomic E-state index is 0.123. The Morgan fingerprint density at radius 3 is 2.38 bits per heavy atom. The highest BCUT2D eigenvalue weighted by Gasteiger charge is 2.15. The quantitative estimate of drug-likeness (QED) is 0.545. The maximum absolute atomic E-state index is 8.88. The number of aliphatic hydroxyl groups is 1. The highest BCUT2D eigenvalue weighted by Crippen LogP contribution is 2.28. The first kappa shape index (κ1) is 15.2. The van der Waals surface area contributed by atoms with Crippen LogP contribution in [0.1, 0.15) is 53.9 Å². The molecule has 16 heavy (non-hydrogen) atoms. The lowest BCUT2D eigenvalue weighted by Gasteiger charge is -2.20. The molecule has 1 heteroatoms. The third-order valence-electron chi connectivity index (χ3n) is 2.56. The molecule has 0 heterocycles. The van der Waals surface area contributed by atoms with E-state index in [1.54, 1.807) is 0 Å². The lowest BCUT2D eigenvalue weighted by molar-refractivity contribution is 0.331. The average molecular weight is 222 g/mol. The average Bonchev–Trinajstić information content (AvgIpc) is 2.20. The van der Waals surface area contributed by atoms with Crippen molar-refractivity contribution in [2.45, 2.75) is 53.9 Å². The second kappa shape index (κ2) is 7.49. The lowest BCUT2D eigenvalue weighted by Crippen LogP contribution is -2.08. The van der Waals surface area contributed by atoms with Crippen molar-refractivity contribution in [1.82, 2.24) is 0 Å². The topological polar surface area (TPSA) is 20.2 Å². The Morgan fingerprint density at radius 1 is 1.31 bits per heavy atom. The number of aliphatic hydroxyl groups excluding tert-OH is 1. The van der Waals surface area contributed by atoms with Crippen LogP contribution >= 0.6 is 0 Å². The molecule has 0 rings (SSSR count). The predicted molar refractivity (Wildman–Crippen MR) is 71.4 cm³/mol. The summed E-state index contributed by atoms with van der Waals surface area (Å²) in [6, 6.07) is 0. The normalized spacial score (nSPS) is 12.2. The van der Waals surface area contributed by atoms with Gasteiger partial charge in [0.1, 0.15) is 0 Å². The summed E-state index contributed by atoms with van der Waals surface area (Å²) in [5, 5.41) is 8.88. The summed E-state index contributed by atoms with van der Waals surface area (Å²) in [7, 11) is 0. The van der Waals surface area contributed by atoms with Crippen molar-refractivity contribution >= 4 is 0 Å². The van der Waals surface area contributed by atoms with Gasteiger partial charge in [-0.2, -0.15) is 0 Å². The molecule has 0 aromatic carbocycles. The molecule has 0 aromatic heterocycles. The summed E-state index contributed by atoms with van der Waals surface area (Å²) >= 11 is 0. The highest BCUT2D eigenvalue weighted by molar-refractivity contribution is 5.16. The van der Waals surface area contributed by atoms with E-state index in [1.807, 2.05) is 19.1 Å². The second-order valence-electron chi connectivity index (χ2n) is 5.31. The summed E-state index contributed by atoms with van der Waals surface area (Å²) in [5.41, 5.74) is 5.88. The van der Waals surface area contributed by atoms with Gasteiger partial charge in [0.25, 0.3) is 0 Å². The van der Waals surface area contributed by atoms with Gasteiger partial charge in [-0.1, -0.05) is 40.2 Å². The van der Waals surface area contributed by atoms with Crippen molar-refractivity contribution in [3.05, 3.63) is 29.0 Å². The zero-order chi connectivity index (χ0) is 12.6. The first-order valence-corrected chi connectivity index (χ1v) is 6.14. The Balaban J connectivity index is 4.82. The van der Waals surface area contributed by atoms with Crippen LogP contribution in [-0.2, 0) is 0 Å². The van der Waals surface area contributed by atoms with Gasteiger partial charge in [0, 0.05) is 0 Å². The molecule has 0 unspecified atom stereocenters. The van der Waals surface area contributed by atoms with Crippen molar-refractivity contribution in [2.24, 2.45) is 5.41 Å². The van der Waals surface area contributed by atoms with Gasteiger partial charge < -0.3 is 5.11 Å². The number of hydrogen-bond acceptors (Lipinski definition) is 1. The fraction of sp³-hybridized carbons (Fsp3) is 0.667. The number of unbranched alkanes of at least 4 members (excludes halogenated alkanes) is 1. The van der Waals surface area contributed by atoms with Gasteiger partial charge in [-0.3, -0.25) is 0 Å². The molecule has 92 valence electrons. The lowest BCUT2D eigenvalue weighted by atomic mass is 9.84. The largest absolute Gasteiger partial charge is 0.392 e. The third-order valence-corrected chi connectivity index (χ3v) is 2.56. The van der Waals surface area contributed by atoms with Crippen LogP contribution in [0, 0.1) is 5.41 Å². The van der Waals surface area contributed by atoms with E-state index in [1.165, 1.54) is 18.4 Å². The smallest absolute Gasteiger partial charge is 0.0642 e. The van der Waals surface area contributed by atoms with E-state index in [9.17, 15) is 0 Å². The molecule has 0 atom stereocenters. The Kier molecular flexibility index (Phi) is 7.12. The monoisotopic (exact) mass is 222 g/mol. The van der Waals surface area contributed by atoms with Gasteiger partial charge in [-0.25, -0.2) is 0 Å². The van der Waals surface area contributed by atoms with Gasteiger partial charge >= 0.3 is 0 Å². The molecular formula is C15H26O. The van der Waals surface area contributed by atoms with Crippen LogP contribution in [0.5, 0.6) is 0 Å². The molecule has 0 bridgehead atoms. The van der Waals surface area contributed by atoms with Crippen LogP contribution in [0.15, 0.2) is 29.0 Å². The molecule has 1 nitrogen and oxygen atoms in total. The van der Waals surface area contributed by atoms with Gasteiger partial charge in [-0.15, -0.1) is 5.73 Å². The van der Waals surface area contributed by atoms with Crippen molar-refractivity contribution in [3.63, 3.8) is 0 Å². The highest BCUT2D eigenvalue weighted by atomic mass is 16.3. The van der Waals surface area contributed by atoms with Crippen molar-refractivity contribution in [1.29, 1.82) is 0 Å². The standard InChI is InChI=1S/C15H26O/c1-6-7-10-14(15(3,4)5)11-8-9-13(2)12-16/h8-9,16H,6-7,10,12H2,1-5H3/b13-9+. The number of hydrogen-bond donors (Lipinski definition) is 1. The van der Waals surface area contributed by atoms with E-state index in [0.29, 0.717) is 0 Å². The fourth-order valence-corrected chi connectivity index (χ4v) is 1.35. The van der Waals surface area contributed by atoms with Crippen LogP contribution in [0.25, 0.3) is 0 Å². The van der Waals surface area contributed by atoms with Crippen molar-refractivity contribution in [2.75, 3.05) is 6.61 Å². The maximum atomic E-state index is 8.88. The summed E-state index contributed by atoms with van der Waals surface area (Å²) in [4.78, 5) is 0. The zero-order valence-electron chi connectivity index (χ0n) is 11.4. The molecule has 0 amide bonds. The molecule has 0 spiro atoms. The third kappa shape index (κ3) is 6.66. The molecule has 0 aromatic rings. The molecule has 0 radical (unpaired) electrons. The van der Waals surface area contributed by atoms with E-state index in [2.05, 4.69) is 33.4 Å². The first-order chi connectivity index (χ1) is 7.41. The van der Waals surface area contributed by atoms with Gasteiger partial charge in [-0.05, 0) is 42.4 Å². The van der Waals surface area contributed by atoms with E-state index >= 15 is 0 Å². The number of allylic oxidation sites excluding steroid dienone is 2. The minimum Gasteiger partial charge on any atom is -0.392 e. The second-order valence-corrected chi connectivity index (χ2v) is 5.31. The summed E-state index contributed by atoms with van der Waals surface area (Å²) in [5.74, 6) is 0. The van der Waals surface area contributed by atoms with Gasteiger partial charge in [0.2, 0.25) is 0 Å². The molecule has 1 N–H and O–H groups in total. The Bertz CT molecular complexity index is 283. The van der Waals surface area contributed by atoms with Crippen LogP contribution in [0.3, 0.4) is 0 Å². The van der Waals surface area contributed by atoms with Crippen molar-refractivity contribution in [3.8, 4) is 0 Å². The zero-order valence-corrected chi connectivity index (χ0v) is 11.4. The Hall–Kier alpha value is -0.780. The molecule has 0 aliphatic rings. The number of rotatable bonds is 5. The van der Waals surface area contributed by atoms with Gasteiger partial charge in [0.15, 0.2) is 0 Å². The van der Waals surface area contributed by atoms with Crippen LogP contribution < -0.4 is 0 Å². The predicted octanol–water partition coefficient (Wildman–Crippen LogP) is 4.24. The van der Waals surface area contributed by atoms with Gasteiger partial charge in [0.05, 0.1) is 6.61 Å². The minimum absolute atomic E-state index is 0.123. The van der Waals surface area contributed by atoms with E-state index in [4.69, 9.17) is 5.11 Å². The van der Waals surface area contributed by atoms with Crippen LogP contribution in [0.4, 0.5) is 0 Å². The molecule has 0 aliphatic heterocycles. The first-order valence-electron chi connectivity index (χ1n) is 6.14. The summed E-state index contributed by atoms with van der Waals surface area (Å²) in [6.45, 7) is 10.9. The fourth-order valence-electron chi connectivity index (χ4n) is 1.35. The summed E-state index contributed by atoms with van der Waals surface area (Å²) < 4.78 is 0. The SMILES string of the molecule is CCCCC(=C=C/C=C(\C)CO)C(C)(C)C. The molecular weight excluding hydrogens is 196 g/mol. The molecule has 0 saturated heterocycles.